The van der Waals surface area contributed by atoms with Crippen molar-refractivity contribution in [1.29, 1.82) is 0 Å². The Morgan fingerprint density at radius 1 is 1.54 bits per heavy atom. The van der Waals surface area contributed by atoms with Crippen LogP contribution in [0.5, 0.6) is 0 Å². The van der Waals surface area contributed by atoms with Gasteiger partial charge in [-0.05, 0) is 19.8 Å². The zero-order valence-electron chi connectivity index (χ0n) is 8.33. The third kappa shape index (κ3) is 3.03. The Kier molecular flexibility index (Phi) is 4.29. The van der Waals surface area contributed by atoms with Gasteiger partial charge in [-0.25, -0.2) is 4.98 Å². The van der Waals surface area contributed by atoms with E-state index in [4.69, 9.17) is 11.6 Å². The Bertz CT molecular complexity index is 245. The smallest absolute Gasteiger partial charge is 0.108 e. The van der Waals surface area contributed by atoms with Crippen molar-refractivity contribution in [3.63, 3.8) is 0 Å². The third-order valence-corrected chi connectivity index (χ3v) is 2.79. The van der Waals surface area contributed by atoms with Crippen molar-refractivity contribution in [1.82, 2.24) is 9.55 Å². The highest BCUT2D eigenvalue weighted by Crippen LogP contribution is 2.10. The average molecular weight is 201 g/mol. The van der Waals surface area contributed by atoms with Gasteiger partial charge in [0.1, 0.15) is 5.82 Å². The van der Waals surface area contributed by atoms with Crippen LogP contribution in [0, 0.1) is 0 Å². The SMILES string of the molecule is CCC(Cl)CCc1nccn1CC. The number of aryl methyl sites for hydroxylation is 2. The van der Waals surface area contributed by atoms with Crippen molar-refractivity contribution in [3.8, 4) is 0 Å². The molecule has 1 aromatic heterocycles. The zero-order valence-corrected chi connectivity index (χ0v) is 9.09. The lowest BCUT2D eigenvalue weighted by Gasteiger charge is -2.07. The predicted molar refractivity (Wildman–Crippen MR) is 56.2 cm³/mol. The lowest BCUT2D eigenvalue weighted by atomic mass is 10.2. The number of hydrogen-bond acceptors (Lipinski definition) is 1. The minimum absolute atomic E-state index is 0.294. The van der Waals surface area contributed by atoms with Crippen LogP contribution in [-0.4, -0.2) is 14.9 Å². The molecule has 0 aliphatic heterocycles. The van der Waals surface area contributed by atoms with Gasteiger partial charge < -0.3 is 4.57 Å². The minimum atomic E-state index is 0.294. The molecule has 1 heterocycles. The van der Waals surface area contributed by atoms with E-state index in [2.05, 4.69) is 23.4 Å². The molecule has 0 aromatic carbocycles. The summed E-state index contributed by atoms with van der Waals surface area (Å²) in [5.41, 5.74) is 0. The Balaban J connectivity index is 2.44. The molecule has 1 unspecified atom stereocenters. The number of hydrogen-bond donors (Lipinski definition) is 0. The molecule has 0 aliphatic rings. The van der Waals surface area contributed by atoms with E-state index in [0.29, 0.717) is 5.38 Å². The summed E-state index contributed by atoms with van der Waals surface area (Å²) in [6, 6.07) is 0. The van der Waals surface area contributed by atoms with Crippen molar-refractivity contribution in [2.45, 2.75) is 45.0 Å². The molecule has 0 fully saturated rings. The van der Waals surface area contributed by atoms with Gasteiger partial charge in [-0.3, -0.25) is 0 Å². The summed E-state index contributed by atoms with van der Waals surface area (Å²) < 4.78 is 2.17. The molecular weight excluding hydrogens is 184 g/mol. The monoisotopic (exact) mass is 200 g/mol. The molecule has 3 heteroatoms. The molecule has 1 rings (SSSR count). The summed E-state index contributed by atoms with van der Waals surface area (Å²) in [7, 11) is 0. The molecule has 0 saturated carbocycles. The Labute approximate surface area is 84.9 Å². The molecule has 1 atom stereocenters. The summed E-state index contributed by atoms with van der Waals surface area (Å²) in [5, 5.41) is 0.294. The van der Waals surface area contributed by atoms with Gasteiger partial charge >= 0.3 is 0 Å². The van der Waals surface area contributed by atoms with Crippen molar-refractivity contribution < 1.29 is 0 Å². The third-order valence-electron chi connectivity index (χ3n) is 2.27. The predicted octanol–water partition coefficient (Wildman–Crippen LogP) is 2.85. The lowest BCUT2D eigenvalue weighted by molar-refractivity contribution is 0.645. The van der Waals surface area contributed by atoms with Gasteiger partial charge in [-0.15, -0.1) is 11.6 Å². The summed E-state index contributed by atoms with van der Waals surface area (Å²) in [6.07, 6.45) is 6.92. The second kappa shape index (κ2) is 5.28. The number of aromatic nitrogens is 2. The van der Waals surface area contributed by atoms with Crippen LogP contribution in [0.1, 0.15) is 32.5 Å². The molecule has 0 amide bonds. The summed E-state index contributed by atoms with van der Waals surface area (Å²) in [4.78, 5) is 4.30. The maximum Gasteiger partial charge on any atom is 0.108 e. The maximum atomic E-state index is 6.04. The van der Waals surface area contributed by atoms with Gasteiger partial charge in [0, 0.05) is 30.7 Å². The summed E-state index contributed by atoms with van der Waals surface area (Å²) >= 11 is 6.04. The second-order valence-corrected chi connectivity index (χ2v) is 3.79. The van der Waals surface area contributed by atoms with Gasteiger partial charge in [0.15, 0.2) is 0 Å². The highest BCUT2D eigenvalue weighted by Gasteiger charge is 2.05. The molecule has 0 radical (unpaired) electrons. The van der Waals surface area contributed by atoms with Crippen molar-refractivity contribution in [2.24, 2.45) is 0 Å². The molecule has 0 N–H and O–H groups in total. The van der Waals surface area contributed by atoms with Gasteiger partial charge in [-0.2, -0.15) is 0 Å². The largest absolute Gasteiger partial charge is 0.335 e. The van der Waals surface area contributed by atoms with E-state index < -0.39 is 0 Å². The van der Waals surface area contributed by atoms with E-state index in [1.807, 2.05) is 12.4 Å². The second-order valence-electron chi connectivity index (χ2n) is 3.17. The maximum absolute atomic E-state index is 6.04. The van der Waals surface area contributed by atoms with Gasteiger partial charge in [0.2, 0.25) is 0 Å². The quantitative estimate of drug-likeness (QED) is 0.669. The van der Waals surface area contributed by atoms with Crippen LogP contribution in [0.15, 0.2) is 12.4 Å². The molecule has 0 bridgehead atoms. The molecule has 2 nitrogen and oxygen atoms in total. The first-order chi connectivity index (χ1) is 6.27. The number of imidazole rings is 1. The summed E-state index contributed by atoms with van der Waals surface area (Å²) in [5.74, 6) is 1.15. The first-order valence-corrected chi connectivity index (χ1v) is 5.35. The van der Waals surface area contributed by atoms with Gasteiger partial charge in [0.25, 0.3) is 0 Å². The van der Waals surface area contributed by atoms with Crippen LogP contribution in [0.3, 0.4) is 0 Å². The molecule has 74 valence electrons. The fourth-order valence-electron chi connectivity index (χ4n) is 1.35. The van der Waals surface area contributed by atoms with Crippen LogP contribution in [0.4, 0.5) is 0 Å². The van der Waals surface area contributed by atoms with E-state index >= 15 is 0 Å². The molecule has 0 saturated heterocycles. The molecule has 0 aliphatic carbocycles. The normalized spacial score (nSPS) is 13.2. The van der Waals surface area contributed by atoms with Gasteiger partial charge in [0.05, 0.1) is 0 Å². The average Bonchev–Trinajstić information content (AvgIpc) is 2.61. The Morgan fingerprint density at radius 2 is 2.31 bits per heavy atom. The number of alkyl halides is 1. The van der Waals surface area contributed by atoms with E-state index in [-0.39, 0.29) is 0 Å². The molecule has 0 spiro atoms. The first-order valence-electron chi connectivity index (χ1n) is 4.92. The standard InChI is InChI=1S/C10H17ClN2/c1-3-9(11)5-6-10-12-7-8-13(10)4-2/h7-9H,3-6H2,1-2H3. The van der Waals surface area contributed by atoms with Crippen molar-refractivity contribution in [2.75, 3.05) is 0 Å². The Morgan fingerprint density at radius 3 is 2.92 bits per heavy atom. The van der Waals surface area contributed by atoms with Crippen molar-refractivity contribution >= 4 is 11.6 Å². The van der Waals surface area contributed by atoms with Crippen molar-refractivity contribution in [3.05, 3.63) is 18.2 Å². The fourth-order valence-corrected chi connectivity index (χ4v) is 1.46. The number of nitrogens with zero attached hydrogens (tertiary/aromatic N) is 2. The minimum Gasteiger partial charge on any atom is -0.335 e. The highest BCUT2D eigenvalue weighted by molar-refractivity contribution is 6.20. The van der Waals surface area contributed by atoms with Crippen LogP contribution in [-0.2, 0) is 13.0 Å². The number of halogens is 1. The molecule has 13 heavy (non-hydrogen) atoms. The van der Waals surface area contributed by atoms with Gasteiger partial charge in [-0.1, -0.05) is 6.92 Å². The van der Waals surface area contributed by atoms with Crippen LogP contribution in [0.2, 0.25) is 0 Å². The van der Waals surface area contributed by atoms with Crippen LogP contribution < -0.4 is 0 Å². The first kappa shape index (κ1) is 10.6. The lowest BCUT2D eigenvalue weighted by Crippen LogP contribution is -2.05. The number of rotatable bonds is 5. The summed E-state index contributed by atoms with van der Waals surface area (Å²) in [6.45, 7) is 5.24. The fraction of sp³-hybridized carbons (Fsp3) is 0.700. The van der Waals surface area contributed by atoms with E-state index in [1.165, 1.54) is 0 Å². The van der Waals surface area contributed by atoms with E-state index in [9.17, 15) is 0 Å². The highest BCUT2D eigenvalue weighted by atomic mass is 35.5. The van der Waals surface area contributed by atoms with Crippen LogP contribution >= 0.6 is 11.6 Å². The molecule has 1 aromatic rings. The van der Waals surface area contributed by atoms with E-state index in [1.54, 1.807) is 0 Å². The Hall–Kier alpha value is -0.500. The van der Waals surface area contributed by atoms with Crippen LogP contribution in [0.25, 0.3) is 0 Å². The topological polar surface area (TPSA) is 17.8 Å². The zero-order chi connectivity index (χ0) is 9.68. The molecular formula is C10H17ClN2. The van der Waals surface area contributed by atoms with E-state index in [0.717, 1.165) is 31.6 Å².